The summed E-state index contributed by atoms with van der Waals surface area (Å²) in [7, 11) is 0. The maximum absolute atomic E-state index is 5.57. The summed E-state index contributed by atoms with van der Waals surface area (Å²) in [6.07, 6.45) is 13.6. The average molecular weight is 843 g/mol. The summed E-state index contributed by atoms with van der Waals surface area (Å²) in [5.41, 5.74) is 21.7. The van der Waals surface area contributed by atoms with Gasteiger partial charge < -0.3 is 9.47 Å². The number of imidazole rings is 1. The topological polar surface area (TPSA) is 26.0 Å². The third-order valence-corrected chi connectivity index (χ3v) is 14.5. The van der Waals surface area contributed by atoms with Crippen LogP contribution < -0.4 is 4.90 Å². The van der Waals surface area contributed by atoms with Gasteiger partial charge in [0.1, 0.15) is 11.2 Å². The van der Waals surface area contributed by atoms with Crippen molar-refractivity contribution in [3.05, 3.63) is 264 Å². The van der Waals surface area contributed by atoms with Crippen LogP contribution >= 0.6 is 0 Å². The molecule has 2 aliphatic heterocycles. The van der Waals surface area contributed by atoms with E-state index in [9.17, 15) is 0 Å². The summed E-state index contributed by atoms with van der Waals surface area (Å²) in [6, 6.07) is 68.4. The van der Waals surface area contributed by atoms with Gasteiger partial charge in [-0.05, 0) is 142 Å². The van der Waals surface area contributed by atoms with Gasteiger partial charge in [0.15, 0.2) is 0 Å². The van der Waals surface area contributed by atoms with Gasteiger partial charge in [0, 0.05) is 39.5 Å². The number of rotatable bonds is 4. The quantitative estimate of drug-likeness (QED) is 0.176. The van der Waals surface area contributed by atoms with E-state index >= 15 is 0 Å². The molecule has 310 valence electrons. The molecule has 0 N–H and O–H groups in total. The molecule has 0 radical (unpaired) electrons. The summed E-state index contributed by atoms with van der Waals surface area (Å²) in [6.45, 7) is 4.88. The van der Waals surface area contributed by atoms with Crippen LogP contribution in [0.3, 0.4) is 0 Å². The molecule has 4 aliphatic rings. The number of anilines is 2. The molecule has 4 nitrogen and oxygen atoms in total. The van der Waals surface area contributed by atoms with Crippen LogP contribution in [0.15, 0.2) is 231 Å². The molecule has 1 atom stereocenters. The van der Waals surface area contributed by atoms with Crippen LogP contribution in [0.2, 0.25) is 0 Å². The van der Waals surface area contributed by atoms with E-state index in [0.29, 0.717) is 0 Å². The molecule has 1 spiro atoms. The highest BCUT2D eigenvalue weighted by Crippen LogP contribution is 2.62. The van der Waals surface area contributed by atoms with E-state index in [0.717, 1.165) is 80.2 Å². The van der Waals surface area contributed by atoms with Crippen molar-refractivity contribution in [2.75, 3.05) is 4.90 Å². The van der Waals surface area contributed by atoms with Crippen molar-refractivity contribution in [2.45, 2.75) is 18.3 Å². The molecule has 0 fully saturated rings. The number of fused-ring (bicyclic) bond motifs is 15. The van der Waals surface area contributed by atoms with E-state index in [4.69, 9.17) is 11.6 Å². The van der Waals surface area contributed by atoms with Gasteiger partial charge in [0.05, 0.1) is 33.4 Å². The standard InChI is InChI=1S/C62H42N4/c1-40-37-43(46-24-16-27-54-60(46)66-59-30-15-13-28-55(59)63-61(66)62(54)52-25-11-8-21-47(52)48-22-9-12-26-53(48)62)35-36-64(44-17-4-2-5-18-44)56-33-31-41(38-50(40)56)42-32-34-58-51(39-42)49-23-10-14-29-57(49)65(58)45-19-6-3-7-20-45/h2-8,10-21,23-39H,1,9,22H2/b36-35-,43-37+. The number of hydrogen-bond donors (Lipinski definition) is 0. The first-order valence-corrected chi connectivity index (χ1v) is 23.0. The highest BCUT2D eigenvalue weighted by atomic mass is 15.1. The zero-order chi connectivity index (χ0) is 43.5. The molecule has 14 rings (SSSR count). The molecule has 8 aromatic carbocycles. The Morgan fingerprint density at radius 3 is 2.11 bits per heavy atom. The first-order valence-electron chi connectivity index (χ1n) is 23.0. The predicted octanol–water partition coefficient (Wildman–Crippen LogP) is 15.3. The molecule has 0 saturated carbocycles. The van der Waals surface area contributed by atoms with Crippen molar-refractivity contribution in [1.82, 2.24) is 14.1 Å². The Morgan fingerprint density at radius 1 is 0.530 bits per heavy atom. The minimum Gasteiger partial charge on any atom is -0.317 e. The van der Waals surface area contributed by atoms with Gasteiger partial charge in [0.25, 0.3) is 0 Å². The van der Waals surface area contributed by atoms with Gasteiger partial charge in [-0.25, -0.2) is 4.98 Å². The normalized spacial score (nSPS) is 18.2. The summed E-state index contributed by atoms with van der Waals surface area (Å²) in [4.78, 5) is 7.88. The van der Waals surface area contributed by atoms with Gasteiger partial charge in [-0.1, -0.05) is 140 Å². The van der Waals surface area contributed by atoms with Crippen LogP contribution in [0, 0.1) is 0 Å². The first kappa shape index (κ1) is 37.0. The lowest BCUT2D eigenvalue weighted by molar-refractivity contribution is 0.728. The maximum atomic E-state index is 5.57. The van der Waals surface area contributed by atoms with Crippen LogP contribution in [0.1, 0.15) is 46.5 Å². The SMILES string of the molecule is C=C1/C=C(c2cccc3c2-n2c(nc4ccccc42)C32C3=C(CCC=C3)c3ccccc32)\C=C/N(c2ccccc2)c2ccc(-c3ccc4c(c3)c3ccccc3n4-c3ccccc3)cc21. The number of para-hydroxylation sites is 6. The molecule has 2 aromatic heterocycles. The largest absolute Gasteiger partial charge is 0.317 e. The zero-order valence-corrected chi connectivity index (χ0v) is 36.2. The van der Waals surface area contributed by atoms with E-state index in [-0.39, 0.29) is 0 Å². The Labute approximate surface area is 383 Å². The zero-order valence-electron chi connectivity index (χ0n) is 36.2. The molecule has 0 saturated heterocycles. The summed E-state index contributed by atoms with van der Waals surface area (Å²) in [5, 5.41) is 2.47. The molecule has 66 heavy (non-hydrogen) atoms. The van der Waals surface area contributed by atoms with Gasteiger partial charge in [0.2, 0.25) is 0 Å². The second kappa shape index (κ2) is 14.0. The molecule has 10 aromatic rings. The minimum absolute atomic E-state index is 0.539. The molecular weight excluding hydrogens is 801 g/mol. The van der Waals surface area contributed by atoms with Gasteiger partial charge >= 0.3 is 0 Å². The van der Waals surface area contributed by atoms with E-state index in [1.165, 1.54) is 55.3 Å². The Morgan fingerprint density at radius 2 is 1.23 bits per heavy atom. The van der Waals surface area contributed by atoms with E-state index in [1.807, 2.05) is 0 Å². The lowest BCUT2D eigenvalue weighted by Gasteiger charge is -2.29. The minimum atomic E-state index is -0.539. The highest BCUT2D eigenvalue weighted by molar-refractivity contribution is 6.11. The van der Waals surface area contributed by atoms with Crippen molar-refractivity contribution in [1.29, 1.82) is 0 Å². The second-order valence-corrected chi connectivity index (χ2v) is 17.9. The van der Waals surface area contributed by atoms with E-state index in [1.54, 1.807) is 0 Å². The Balaban J connectivity index is 0.970. The molecule has 4 heterocycles. The Bertz CT molecular complexity index is 3840. The van der Waals surface area contributed by atoms with Crippen molar-refractivity contribution >= 4 is 60.9 Å². The van der Waals surface area contributed by atoms with Gasteiger partial charge in [-0.2, -0.15) is 0 Å². The molecule has 4 heteroatoms. The molecule has 1 unspecified atom stereocenters. The number of hydrogen-bond acceptors (Lipinski definition) is 2. The second-order valence-electron chi connectivity index (χ2n) is 17.9. The fraction of sp³-hybridized carbons (Fsp3) is 0.0484. The van der Waals surface area contributed by atoms with Gasteiger partial charge in [-0.3, -0.25) is 4.57 Å². The van der Waals surface area contributed by atoms with Crippen LogP contribution in [-0.4, -0.2) is 14.1 Å². The number of allylic oxidation sites excluding steroid dienone is 8. The number of aromatic nitrogens is 3. The Kier molecular flexibility index (Phi) is 7.85. The molecule has 2 aliphatic carbocycles. The van der Waals surface area contributed by atoms with Crippen molar-refractivity contribution in [2.24, 2.45) is 0 Å². The molecule has 0 amide bonds. The lowest BCUT2D eigenvalue weighted by atomic mass is 9.71. The number of benzene rings is 8. The molecule has 0 bridgehead atoms. The fourth-order valence-corrected chi connectivity index (χ4v) is 11.7. The average Bonchev–Trinajstić information content (AvgIpc) is 4.09. The van der Waals surface area contributed by atoms with Crippen LogP contribution in [0.25, 0.3) is 72.1 Å². The van der Waals surface area contributed by atoms with E-state index < -0.39 is 5.41 Å². The van der Waals surface area contributed by atoms with Crippen molar-refractivity contribution < 1.29 is 0 Å². The van der Waals surface area contributed by atoms with Crippen LogP contribution in [-0.2, 0) is 5.41 Å². The van der Waals surface area contributed by atoms with E-state index in [2.05, 4.69) is 233 Å². The lowest BCUT2D eigenvalue weighted by Crippen LogP contribution is -2.28. The maximum Gasteiger partial charge on any atom is 0.134 e. The van der Waals surface area contributed by atoms with Crippen molar-refractivity contribution in [3.8, 4) is 22.5 Å². The smallest absolute Gasteiger partial charge is 0.134 e. The third kappa shape index (κ3) is 5.07. The number of nitrogens with zero attached hydrogens (tertiary/aromatic N) is 4. The van der Waals surface area contributed by atoms with Crippen molar-refractivity contribution in [3.63, 3.8) is 0 Å². The molecular formula is C62H42N4. The first-order chi connectivity index (χ1) is 32.7. The Hall–Kier alpha value is -8.47. The van der Waals surface area contributed by atoms with Crippen LogP contribution in [0.5, 0.6) is 0 Å². The van der Waals surface area contributed by atoms with Gasteiger partial charge in [-0.15, -0.1) is 0 Å². The summed E-state index contributed by atoms with van der Waals surface area (Å²) >= 11 is 0. The summed E-state index contributed by atoms with van der Waals surface area (Å²) in [5.74, 6) is 1.06. The fourth-order valence-electron chi connectivity index (χ4n) is 11.7. The summed E-state index contributed by atoms with van der Waals surface area (Å²) < 4.78 is 4.84. The monoisotopic (exact) mass is 842 g/mol. The highest BCUT2D eigenvalue weighted by Gasteiger charge is 2.55. The third-order valence-electron chi connectivity index (χ3n) is 14.5. The predicted molar refractivity (Wildman–Crippen MR) is 274 cm³/mol. The van der Waals surface area contributed by atoms with Crippen LogP contribution in [0.4, 0.5) is 11.4 Å².